The monoisotopic (exact) mass is 343 g/mol. The van der Waals surface area contributed by atoms with Crippen LogP contribution in [0, 0.1) is 6.92 Å². The van der Waals surface area contributed by atoms with Crippen molar-refractivity contribution >= 4 is 11.4 Å². The molecule has 0 heterocycles. The molecular weight excluding hydrogens is 318 g/mol. The summed E-state index contributed by atoms with van der Waals surface area (Å²) in [6.07, 6.45) is 0. The quantitative estimate of drug-likeness (QED) is 0.571. The van der Waals surface area contributed by atoms with Crippen LogP contribution in [0.4, 0.5) is 11.4 Å². The summed E-state index contributed by atoms with van der Waals surface area (Å²) >= 11 is 0. The second kappa shape index (κ2) is 5.91. The SMILES string of the molecule is COc1cccc(N(C)c2ccc3c(c2)C(C)(C)c2cc(C)ccc2-3)c1. The standard InChI is InChI=1S/C24H25NO/c1-16-9-11-20-21-12-10-18(15-23(21)24(2,3)22(20)13-16)25(4)17-7-6-8-19(14-17)26-5/h6-15H,1-5H3. The van der Waals surface area contributed by atoms with Gasteiger partial charge in [0.25, 0.3) is 0 Å². The van der Waals surface area contributed by atoms with Gasteiger partial charge in [-0.15, -0.1) is 0 Å². The Morgan fingerprint density at radius 1 is 0.808 bits per heavy atom. The number of methoxy groups -OCH3 is 1. The van der Waals surface area contributed by atoms with Gasteiger partial charge in [-0.3, -0.25) is 0 Å². The van der Waals surface area contributed by atoms with Gasteiger partial charge in [0.1, 0.15) is 5.75 Å². The first-order valence-corrected chi connectivity index (χ1v) is 9.05. The third-order valence-electron chi connectivity index (χ3n) is 5.64. The third kappa shape index (κ3) is 2.48. The summed E-state index contributed by atoms with van der Waals surface area (Å²) in [5.74, 6) is 0.874. The highest BCUT2D eigenvalue weighted by atomic mass is 16.5. The van der Waals surface area contributed by atoms with Crippen LogP contribution in [0.15, 0.2) is 60.7 Å². The van der Waals surface area contributed by atoms with Crippen molar-refractivity contribution in [2.45, 2.75) is 26.2 Å². The zero-order chi connectivity index (χ0) is 18.5. The Labute approximate surface area is 156 Å². The van der Waals surface area contributed by atoms with Crippen molar-refractivity contribution in [1.29, 1.82) is 0 Å². The number of anilines is 2. The molecule has 1 aliphatic carbocycles. The lowest BCUT2D eigenvalue weighted by atomic mass is 9.82. The Balaban J connectivity index is 1.79. The molecule has 0 amide bonds. The molecule has 0 spiro atoms. The highest BCUT2D eigenvalue weighted by molar-refractivity contribution is 5.83. The summed E-state index contributed by atoms with van der Waals surface area (Å²) in [4.78, 5) is 2.22. The Morgan fingerprint density at radius 2 is 1.46 bits per heavy atom. The predicted molar refractivity (Wildman–Crippen MR) is 110 cm³/mol. The lowest BCUT2D eigenvalue weighted by Gasteiger charge is -2.25. The van der Waals surface area contributed by atoms with Gasteiger partial charge < -0.3 is 9.64 Å². The molecule has 0 atom stereocenters. The fourth-order valence-electron chi connectivity index (χ4n) is 4.02. The van der Waals surface area contributed by atoms with Crippen LogP contribution in [0.25, 0.3) is 11.1 Å². The molecule has 2 nitrogen and oxygen atoms in total. The van der Waals surface area contributed by atoms with E-state index in [0.29, 0.717) is 0 Å². The predicted octanol–water partition coefficient (Wildman–Crippen LogP) is 6.08. The highest BCUT2D eigenvalue weighted by Gasteiger charge is 2.35. The van der Waals surface area contributed by atoms with Crippen LogP contribution in [0.1, 0.15) is 30.5 Å². The van der Waals surface area contributed by atoms with Crippen molar-refractivity contribution in [3.05, 3.63) is 77.4 Å². The fraction of sp³-hybridized carbons (Fsp3) is 0.250. The summed E-state index contributed by atoms with van der Waals surface area (Å²) < 4.78 is 5.37. The third-order valence-corrected chi connectivity index (χ3v) is 5.64. The van der Waals surface area contributed by atoms with Gasteiger partial charge in [-0.2, -0.15) is 0 Å². The first kappa shape index (κ1) is 16.7. The van der Waals surface area contributed by atoms with Crippen LogP contribution in [-0.2, 0) is 5.41 Å². The van der Waals surface area contributed by atoms with Crippen molar-refractivity contribution in [3.8, 4) is 16.9 Å². The van der Waals surface area contributed by atoms with Crippen molar-refractivity contribution in [1.82, 2.24) is 0 Å². The van der Waals surface area contributed by atoms with Crippen molar-refractivity contribution < 1.29 is 4.74 Å². The molecule has 0 saturated heterocycles. The molecule has 0 fully saturated rings. The van der Waals surface area contributed by atoms with E-state index in [-0.39, 0.29) is 5.41 Å². The molecule has 0 radical (unpaired) electrons. The number of benzene rings is 3. The fourth-order valence-corrected chi connectivity index (χ4v) is 4.02. The van der Waals surface area contributed by atoms with Crippen LogP contribution in [-0.4, -0.2) is 14.2 Å². The second-order valence-corrected chi connectivity index (χ2v) is 7.66. The number of hydrogen-bond acceptors (Lipinski definition) is 2. The van der Waals surface area contributed by atoms with E-state index in [9.17, 15) is 0 Å². The maximum absolute atomic E-state index is 5.37. The van der Waals surface area contributed by atoms with Gasteiger partial charge in [-0.1, -0.05) is 49.7 Å². The molecule has 0 saturated carbocycles. The summed E-state index contributed by atoms with van der Waals surface area (Å²) in [5, 5.41) is 0. The number of fused-ring (bicyclic) bond motifs is 3. The van der Waals surface area contributed by atoms with E-state index in [0.717, 1.165) is 11.4 Å². The number of nitrogens with zero attached hydrogens (tertiary/aromatic N) is 1. The number of rotatable bonds is 3. The lowest BCUT2D eigenvalue weighted by Crippen LogP contribution is -2.16. The molecule has 4 rings (SSSR count). The molecule has 0 bridgehead atoms. The Kier molecular flexibility index (Phi) is 3.80. The van der Waals surface area contributed by atoms with Gasteiger partial charge in [-0.25, -0.2) is 0 Å². The minimum atomic E-state index is 0.0158. The zero-order valence-electron chi connectivity index (χ0n) is 16.1. The van der Waals surface area contributed by atoms with Crippen molar-refractivity contribution in [2.75, 3.05) is 19.1 Å². The van der Waals surface area contributed by atoms with Gasteiger partial charge in [0, 0.05) is 29.9 Å². The summed E-state index contributed by atoms with van der Waals surface area (Å²) in [7, 11) is 3.81. The van der Waals surface area contributed by atoms with Gasteiger partial charge in [0.05, 0.1) is 7.11 Å². The molecule has 0 unspecified atom stereocenters. The first-order valence-electron chi connectivity index (χ1n) is 9.05. The number of hydrogen-bond donors (Lipinski definition) is 0. The van der Waals surface area contributed by atoms with Gasteiger partial charge in [0.15, 0.2) is 0 Å². The molecule has 1 aliphatic rings. The molecule has 26 heavy (non-hydrogen) atoms. The van der Waals surface area contributed by atoms with Crippen LogP contribution < -0.4 is 9.64 Å². The average molecular weight is 343 g/mol. The van der Waals surface area contributed by atoms with Crippen LogP contribution in [0.5, 0.6) is 5.75 Å². The van der Waals surface area contributed by atoms with E-state index >= 15 is 0 Å². The maximum Gasteiger partial charge on any atom is 0.120 e. The van der Waals surface area contributed by atoms with Crippen molar-refractivity contribution in [3.63, 3.8) is 0 Å². The van der Waals surface area contributed by atoms with Crippen LogP contribution in [0.3, 0.4) is 0 Å². The normalized spacial score (nSPS) is 13.9. The minimum absolute atomic E-state index is 0.0158. The summed E-state index contributed by atoms with van der Waals surface area (Å²) in [6.45, 7) is 6.82. The lowest BCUT2D eigenvalue weighted by molar-refractivity contribution is 0.415. The van der Waals surface area contributed by atoms with E-state index in [1.54, 1.807) is 7.11 Å². The van der Waals surface area contributed by atoms with Gasteiger partial charge in [0.2, 0.25) is 0 Å². The highest BCUT2D eigenvalue weighted by Crippen LogP contribution is 2.50. The van der Waals surface area contributed by atoms with E-state index < -0.39 is 0 Å². The van der Waals surface area contributed by atoms with E-state index in [2.05, 4.69) is 81.2 Å². The van der Waals surface area contributed by atoms with E-state index in [4.69, 9.17) is 4.74 Å². The topological polar surface area (TPSA) is 12.5 Å². The summed E-state index contributed by atoms with van der Waals surface area (Å²) in [5.41, 5.74) is 9.18. The molecule has 132 valence electrons. The second-order valence-electron chi connectivity index (χ2n) is 7.66. The number of aryl methyl sites for hydroxylation is 1. The summed E-state index contributed by atoms with van der Waals surface area (Å²) in [6, 6.07) is 21.8. The minimum Gasteiger partial charge on any atom is -0.497 e. The first-order chi connectivity index (χ1) is 12.4. The molecule has 0 aliphatic heterocycles. The van der Waals surface area contributed by atoms with Crippen LogP contribution >= 0.6 is 0 Å². The van der Waals surface area contributed by atoms with Crippen LogP contribution in [0.2, 0.25) is 0 Å². The maximum atomic E-state index is 5.37. The number of ether oxygens (including phenoxy) is 1. The van der Waals surface area contributed by atoms with Gasteiger partial charge >= 0.3 is 0 Å². The Hall–Kier alpha value is -2.74. The van der Waals surface area contributed by atoms with Gasteiger partial charge in [-0.05, 0) is 53.4 Å². The van der Waals surface area contributed by atoms with Crippen molar-refractivity contribution in [2.24, 2.45) is 0 Å². The molecule has 0 N–H and O–H groups in total. The largest absolute Gasteiger partial charge is 0.497 e. The zero-order valence-corrected chi connectivity index (χ0v) is 16.1. The van der Waals surface area contributed by atoms with E-state index in [1.807, 2.05) is 12.1 Å². The Morgan fingerprint density at radius 3 is 2.19 bits per heavy atom. The molecule has 3 aromatic carbocycles. The Bertz CT molecular complexity index is 987. The molecular formula is C24H25NO. The smallest absolute Gasteiger partial charge is 0.120 e. The molecule has 3 aromatic rings. The molecule has 2 heteroatoms. The van der Waals surface area contributed by atoms with E-state index in [1.165, 1.54) is 33.5 Å². The molecule has 0 aromatic heterocycles. The average Bonchev–Trinajstić information content (AvgIpc) is 2.88.